The summed E-state index contributed by atoms with van der Waals surface area (Å²) in [6.45, 7) is 3.82. The van der Waals surface area contributed by atoms with Crippen molar-refractivity contribution in [1.29, 1.82) is 0 Å². The molecule has 0 spiro atoms. The average Bonchev–Trinajstić information content (AvgIpc) is 2.38. The van der Waals surface area contributed by atoms with Crippen LogP contribution in [0.25, 0.3) is 0 Å². The summed E-state index contributed by atoms with van der Waals surface area (Å²) >= 11 is 0. The molecule has 1 unspecified atom stereocenters. The summed E-state index contributed by atoms with van der Waals surface area (Å²) < 4.78 is 11.4. The highest BCUT2D eigenvalue weighted by atomic mass is 16.5. The minimum atomic E-state index is 0.205. The zero-order chi connectivity index (χ0) is 12.1. The lowest BCUT2D eigenvalue weighted by Gasteiger charge is -2.22. The van der Waals surface area contributed by atoms with Crippen molar-refractivity contribution in [1.82, 2.24) is 4.98 Å². The summed E-state index contributed by atoms with van der Waals surface area (Å²) in [7, 11) is 0. The Bertz CT molecular complexity index is 362. The molecule has 17 heavy (non-hydrogen) atoms. The summed E-state index contributed by atoms with van der Waals surface area (Å²) in [6, 6.07) is 3.92. The Hall–Kier alpha value is -1.13. The molecule has 4 heteroatoms. The maximum absolute atomic E-state index is 5.73. The first-order valence-electron chi connectivity index (χ1n) is 6.20. The van der Waals surface area contributed by atoms with Crippen LogP contribution in [0.3, 0.4) is 0 Å². The van der Waals surface area contributed by atoms with Crippen LogP contribution in [0.4, 0.5) is 0 Å². The lowest BCUT2D eigenvalue weighted by Crippen LogP contribution is -2.26. The fraction of sp³-hybridized carbons (Fsp3) is 0.615. The number of hydrogen-bond acceptors (Lipinski definition) is 4. The summed E-state index contributed by atoms with van der Waals surface area (Å²) in [6.07, 6.45) is 3.66. The van der Waals surface area contributed by atoms with E-state index in [0.717, 1.165) is 30.7 Å². The Kier molecular flexibility index (Phi) is 4.34. The zero-order valence-corrected chi connectivity index (χ0v) is 10.3. The molecule has 1 atom stereocenters. The standard InChI is InChI=1S/C13H20N2O2/c1-10-5-6-11(8-14)13(15-10)17-9-12-4-2-3-7-16-12/h5-6,12H,2-4,7-9,14H2,1H3. The molecule has 0 aliphatic carbocycles. The second-order valence-electron chi connectivity index (χ2n) is 4.42. The Balaban J connectivity index is 1.95. The van der Waals surface area contributed by atoms with E-state index in [4.69, 9.17) is 15.2 Å². The van der Waals surface area contributed by atoms with E-state index >= 15 is 0 Å². The Labute approximate surface area is 102 Å². The predicted molar refractivity (Wildman–Crippen MR) is 66.0 cm³/mol. The lowest BCUT2D eigenvalue weighted by molar-refractivity contribution is -0.0121. The second kappa shape index (κ2) is 5.98. The van der Waals surface area contributed by atoms with Gasteiger partial charge >= 0.3 is 0 Å². The van der Waals surface area contributed by atoms with Gasteiger partial charge in [-0.2, -0.15) is 0 Å². The third kappa shape index (κ3) is 3.41. The summed E-state index contributed by atoms with van der Waals surface area (Å²) in [5.74, 6) is 0.654. The number of aryl methyl sites for hydroxylation is 1. The third-order valence-electron chi connectivity index (χ3n) is 2.98. The highest BCUT2D eigenvalue weighted by Crippen LogP contribution is 2.18. The molecular weight excluding hydrogens is 216 g/mol. The van der Waals surface area contributed by atoms with Gasteiger partial charge in [-0.1, -0.05) is 6.07 Å². The zero-order valence-electron chi connectivity index (χ0n) is 10.3. The van der Waals surface area contributed by atoms with Gasteiger partial charge in [-0.25, -0.2) is 4.98 Å². The number of pyridine rings is 1. The number of rotatable bonds is 4. The maximum Gasteiger partial charge on any atom is 0.218 e. The van der Waals surface area contributed by atoms with Crippen molar-refractivity contribution in [2.75, 3.05) is 13.2 Å². The first-order valence-corrected chi connectivity index (χ1v) is 6.20. The van der Waals surface area contributed by atoms with Gasteiger partial charge < -0.3 is 15.2 Å². The van der Waals surface area contributed by atoms with Gasteiger partial charge in [-0.15, -0.1) is 0 Å². The first kappa shape index (κ1) is 12.3. The summed E-state index contributed by atoms with van der Waals surface area (Å²) in [5.41, 5.74) is 7.55. The van der Waals surface area contributed by atoms with Gasteiger partial charge in [0.1, 0.15) is 6.61 Å². The number of hydrogen-bond donors (Lipinski definition) is 1. The average molecular weight is 236 g/mol. The van der Waals surface area contributed by atoms with Gasteiger partial charge in [0.05, 0.1) is 6.10 Å². The van der Waals surface area contributed by atoms with Crippen molar-refractivity contribution >= 4 is 0 Å². The van der Waals surface area contributed by atoms with Gasteiger partial charge in [-0.3, -0.25) is 0 Å². The fourth-order valence-electron chi connectivity index (χ4n) is 1.95. The van der Waals surface area contributed by atoms with Crippen LogP contribution in [0.5, 0.6) is 5.88 Å². The van der Waals surface area contributed by atoms with Gasteiger partial charge in [0.15, 0.2) is 0 Å². The minimum absolute atomic E-state index is 0.205. The Morgan fingerprint density at radius 1 is 1.47 bits per heavy atom. The third-order valence-corrected chi connectivity index (χ3v) is 2.98. The van der Waals surface area contributed by atoms with Gasteiger partial charge in [0.2, 0.25) is 5.88 Å². The molecule has 2 rings (SSSR count). The number of ether oxygens (including phenoxy) is 2. The molecule has 1 saturated heterocycles. The van der Waals surface area contributed by atoms with E-state index < -0.39 is 0 Å². The van der Waals surface area contributed by atoms with Crippen LogP contribution in [-0.2, 0) is 11.3 Å². The molecule has 0 saturated carbocycles. The molecule has 1 aromatic heterocycles. The van der Waals surface area contributed by atoms with E-state index in [1.807, 2.05) is 19.1 Å². The second-order valence-corrected chi connectivity index (χ2v) is 4.42. The van der Waals surface area contributed by atoms with Crippen molar-refractivity contribution in [3.05, 3.63) is 23.4 Å². The Morgan fingerprint density at radius 3 is 3.06 bits per heavy atom. The van der Waals surface area contributed by atoms with E-state index in [-0.39, 0.29) is 6.10 Å². The monoisotopic (exact) mass is 236 g/mol. The predicted octanol–water partition coefficient (Wildman–Crippen LogP) is 1.80. The molecule has 4 nitrogen and oxygen atoms in total. The van der Waals surface area contributed by atoms with E-state index in [1.54, 1.807) is 0 Å². The van der Waals surface area contributed by atoms with E-state index in [9.17, 15) is 0 Å². The molecule has 0 radical (unpaired) electrons. The molecule has 1 aliphatic rings. The van der Waals surface area contributed by atoms with E-state index in [2.05, 4.69) is 4.98 Å². The van der Waals surface area contributed by atoms with Crippen molar-refractivity contribution in [2.45, 2.75) is 38.8 Å². The molecule has 1 aliphatic heterocycles. The van der Waals surface area contributed by atoms with Gasteiger partial charge in [0.25, 0.3) is 0 Å². The summed E-state index contributed by atoms with van der Waals surface area (Å²) in [4.78, 5) is 4.37. The maximum atomic E-state index is 5.73. The molecule has 0 aromatic carbocycles. The van der Waals surface area contributed by atoms with Gasteiger partial charge in [0, 0.05) is 24.4 Å². The summed E-state index contributed by atoms with van der Waals surface area (Å²) in [5, 5.41) is 0. The minimum Gasteiger partial charge on any atom is -0.475 e. The fourth-order valence-corrected chi connectivity index (χ4v) is 1.95. The number of nitrogens with zero attached hydrogens (tertiary/aromatic N) is 1. The van der Waals surface area contributed by atoms with E-state index in [0.29, 0.717) is 19.0 Å². The van der Waals surface area contributed by atoms with Crippen molar-refractivity contribution in [3.8, 4) is 5.88 Å². The number of nitrogens with two attached hydrogens (primary N) is 1. The topological polar surface area (TPSA) is 57.4 Å². The number of aromatic nitrogens is 1. The van der Waals surface area contributed by atoms with Crippen LogP contribution in [0.1, 0.15) is 30.5 Å². The first-order chi connectivity index (χ1) is 8.29. The molecule has 94 valence electrons. The van der Waals surface area contributed by atoms with Crippen molar-refractivity contribution in [2.24, 2.45) is 5.73 Å². The molecule has 2 heterocycles. The SMILES string of the molecule is Cc1ccc(CN)c(OCC2CCCCO2)n1. The molecule has 0 bridgehead atoms. The van der Waals surface area contributed by atoms with Crippen molar-refractivity contribution < 1.29 is 9.47 Å². The molecular formula is C13H20N2O2. The van der Waals surface area contributed by atoms with Crippen LogP contribution in [0.2, 0.25) is 0 Å². The smallest absolute Gasteiger partial charge is 0.218 e. The Morgan fingerprint density at radius 2 is 2.35 bits per heavy atom. The largest absolute Gasteiger partial charge is 0.475 e. The molecule has 1 aromatic rings. The molecule has 1 fully saturated rings. The highest BCUT2D eigenvalue weighted by molar-refractivity contribution is 5.27. The van der Waals surface area contributed by atoms with Crippen LogP contribution in [0, 0.1) is 6.92 Å². The normalized spacial score (nSPS) is 20.2. The van der Waals surface area contributed by atoms with Gasteiger partial charge in [-0.05, 0) is 32.3 Å². The quantitative estimate of drug-likeness (QED) is 0.866. The van der Waals surface area contributed by atoms with Crippen LogP contribution in [0.15, 0.2) is 12.1 Å². The van der Waals surface area contributed by atoms with Crippen LogP contribution in [-0.4, -0.2) is 24.3 Å². The van der Waals surface area contributed by atoms with Crippen molar-refractivity contribution in [3.63, 3.8) is 0 Å². The van der Waals surface area contributed by atoms with E-state index in [1.165, 1.54) is 6.42 Å². The van der Waals surface area contributed by atoms with Crippen LogP contribution >= 0.6 is 0 Å². The lowest BCUT2D eigenvalue weighted by atomic mass is 10.1. The van der Waals surface area contributed by atoms with Crippen LogP contribution < -0.4 is 10.5 Å². The molecule has 2 N–H and O–H groups in total. The molecule has 0 amide bonds. The highest BCUT2D eigenvalue weighted by Gasteiger charge is 2.15.